The molecule has 1 amide bonds. The lowest BCUT2D eigenvalue weighted by molar-refractivity contribution is -0.113. The maximum absolute atomic E-state index is 12.7. The number of thioether (sulfide) groups is 1. The van der Waals surface area contributed by atoms with Gasteiger partial charge in [0, 0.05) is 6.04 Å². The largest absolute Gasteiger partial charge is 0.490 e. The smallest absolute Gasteiger partial charge is 0.270 e. The Bertz CT molecular complexity index is 854. The molecule has 0 unspecified atom stereocenters. The monoisotopic (exact) mass is 373 g/mol. The number of anilines is 1. The van der Waals surface area contributed by atoms with Gasteiger partial charge in [-0.1, -0.05) is 31.7 Å². The van der Waals surface area contributed by atoms with E-state index in [4.69, 9.17) is 4.74 Å². The molecule has 0 saturated heterocycles. The molecule has 1 aromatic heterocycles. The second kappa shape index (κ2) is 7.86. The van der Waals surface area contributed by atoms with Crippen LogP contribution in [0.3, 0.4) is 0 Å². The Morgan fingerprint density at radius 3 is 2.77 bits per heavy atom. The first-order chi connectivity index (χ1) is 12.5. The molecule has 2 heterocycles. The lowest BCUT2D eigenvalue weighted by Crippen LogP contribution is -2.18. The molecule has 2 atom stereocenters. The molecule has 0 saturated carbocycles. The summed E-state index contributed by atoms with van der Waals surface area (Å²) in [6.45, 7) is 8.14. The summed E-state index contributed by atoms with van der Waals surface area (Å²) >= 11 is 1.46. The van der Waals surface area contributed by atoms with Crippen LogP contribution in [0.15, 0.2) is 41.7 Å². The van der Waals surface area contributed by atoms with Crippen LogP contribution in [0.5, 0.6) is 5.75 Å². The Morgan fingerprint density at radius 1 is 1.38 bits per heavy atom. The van der Waals surface area contributed by atoms with Crippen LogP contribution in [0, 0.1) is 0 Å². The minimum absolute atomic E-state index is 0.0881. The summed E-state index contributed by atoms with van der Waals surface area (Å²) in [7, 11) is 0. The van der Waals surface area contributed by atoms with Gasteiger partial charge in [0.2, 0.25) is 5.91 Å². The summed E-state index contributed by atoms with van der Waals surface area (Å²) < 4.78 is 7.29. The molecule has 0 radical (unpaired) electrons. The Labute approximate surface area is 156 Å². The number of benzene rings is 1. The molecule has 2 aromatic rings. The number of nitrogens with one attached hydrogen (secondary N) is 2. The molecule has 1 aliphatic heterocycles. The second-order valence-corrected chi connectivity index (χ2v) is 7.33. The highest BCUT2D eigenvalue weighted by atomic mass is 32.2. The highest BCUT2D eigenvalue weighted by Crippen LogP contribution is 2.40. The van der Waals surface area contributed by atoms with Crippen molar-refractivity contribution in [2.45, 2.75) is 31.6 Å². The van der Waals surface area contributed by atoms with Gasteiger partial charge in [0.25, 0.3) is 5.56 Å². The van der Waals surface area contributed by atoms with Gasteiger partial charge in [0.05, 0.1) is 16.6 Å². The summed E-state index contributed by atoms with van der Waals surface area (Å²) in [5, 5.41) is 5.58. The molecular formula is C19H23N3O3S. The molecule has 3 rings (SSSR count). The van der Waals surface area contributed by atoms with Crippen molar-refractivity contribution in [1.82, 2.24) is 9.78 Å². The number of fused-ring (bicyclic) bond motifs is 1. The number of ether oxygens (including phenoxy) is 1. The fraction of sp³-hybridized carbons (Fsp3) is 0.368. The van der Waals surface area contributed by atoms with Crippen LogP contribution in [0.4, 0.5) is 5.82 Å². The first-order valence-corrected chi connectivity index (χ1v) is 9.69. The molecule has 1 aromatic carbocycles. The Morgan fingerprint density at radius 2 is 2.12 bits per heavy atom. The van der Waals surface area contributed by atoms with Crippen molar-refractivity contribution in [3.05, 3.63) is 58.4 Å². The number of rotatable bonds is 6. The van der Waals surface area contributed by atoms with Crippen LogP contribution in [0.1, 0.15) is 42.7 Å². The number of H-pyrrole nitrogens is 1. The van der Waals surface area contributed by atoms with E-state index in [0.29, 0.717) is 23.7 Å². The van der Waals surface area contributed by atoms with E-state index in [2.05, 4.69) is 17.0 Å². The zero-order valence-corrected chi connectivity index (χ0v) is 15.8. The van der Waals surface area contributed by atoms with Crippen LogP contribution >= 0.6 is 11.8 Å². The molecular weight excluding hydrogens is 350 g/mol. The van der Waals surface area contributed by atoms with Gasteiger partial charge in [-0.05, 0) is 31.0 Å². The lowest BCUT2D eigenvalue weighted by atomic mass is 10.1. The van der Waals surface area contributed by atoms with Gasteiger partial charge in [-0.25, -0.2) is 0 Å². The van der Waals surface area contributed by atoms with Gasteiger partial charge in [0.15, 0.2) is 0 Å². The predicted molar refractivity (Wildman–Crippen MR) is 105 cm³/mol. The standard InChI is InChI=1S/C19H23N3O3S/c1-4-10-25-14-8-6-13(7-9-14)17-16-18(20-15(23)11-26-17)22(12(3)5-2)21-19(16)24/h4,6-9,12,17H,1,5,10-11H2,2-3H3,(H,20,23)(H,21,24)/t12-,17+/m0/s1. The van der Waals surface area contributed by atoms with E-state index in [0.717, 1.165) is 17.7 Å². The van der Waals surface area contributed by atoms with E-state index < -0.39 is 0 Å². The van der Waals surface area contributed by atoms with Crippen molar-refractivity contribution in [2.75, 3.05) is 17.7 Å². The number of hydrogen-bond donors (Lipinski definition) is 2. The Kier molecular flexibility index (Phi) is 5.56. The van der Waals surface area contributed by atoms with Crippen LogP contribution in [0.25, 0.3) is 0 Å². The number of amides is 1. The second-order valence-electron chi connectivity index (χ2n) is 6.24. The first-order valence-electron chi connectivity index (χ1n) is 8.64. The van der Waals surface area contributed by atoms with Gasteiger partial charge < -0.3 is 10.1 Å². The van der Waals surface area contributed by atoms with Gasteiger partial charge in [0.1, 0.15) is 18.2 Å². The molecule has 138 valence electrons. The molecule has 0 spiro atoms. The van der Waals surface area contributed by atoms with E-state index in [9.17, 15) is 9.59 Å². The average Bonchev–Trinajstić information content (AvgIpc) is 2.85. The van der Waals surface area contributed by atoms with Crippen LogP contribution in [0.2, 0.25) is 0 Å². The molecule has 0 aliphatic carbocycles. The van der Waals surface area contributed by atoms with E-state index in [1.807, 2.05) is 38.1 Å². The summed E-state index contributed by atoms with van der Waals surface area (Å²) in [5.41, 5.74) is 1.40. The van der Waals surface area contributed by atoms with E-state index in [-0.39, 0.29) is 22.8 Å². The summed E-state index contributed by atoms with van der Waals surface area (Å²) in [4.78, 5) is 24.9. The quantitative estimate of drug-likeness (QED) is 0.760. The van der Waals surface area contributed by atoms with Crippen LogP contribution < -0.4 is 15.6 Å². The third kappa shape index (κ3) is 3.58. The SMILES string of the molecule is C=CCOc1ccc([C@H]2SCC(=O)Nc3c2c(=O)[nH]n3[C@@H](C)CC)cc1. The molecule has 0 bridgehead atoms. The normalized spacial score (nSPS) is 17.8. The summed E-state index contributed by atoms with van der Waals surface area (Å²) in [6.07, 6.45) is 2.54. The van der Waals surface area contributed by atoms with Crippen molar-refractivity contribution >= 4 is 23.5 Å². The zero-order chi connectivity index (χ0) is 18.7. The fourth-order valence-corrected chi connectivity index (χ4v) is 4.04. The van der Waals surface area contributed by atoms with Crippen molar-refractivity contribution in [1.29, 1.82) is 0 Å². The number of aromatic amines is 1. The van der Waals surface area contributed by atoms with Gasteiger partial charge in [-0.3, -0.25) is 19.4 Å². The topological polar surface area (TPSA) is 76.1 Å². The number of carbonyl (C=O) groups excluding carboxylic acids is 1. The van der Waals surface area contributed by atoms with Crippen LogP contribution in [-0.2, 0) is 4.79 Å². The summed E-state index contributed by atoms with van der Waals surface area (Å²) in [5.74, 6) is 1.53. The first kappa shape index (κ1) is 18.4. The third-order valence-corrected chi connectivity index (χ3v) is 5.72. The van der Waals surface area contributed by atoms with Crippen LogP contribution in [-0.4, -0.2) is 28.0 Å². The maximum Gasteiger partial charge on any atom is 0.270 e. The number of hydrogen-bond acceptors (Lipinski definition) is 4. The fourth-order valence-electron chi connectivity index (χ4n) is 2.91. The highest BCUT2D eigenvalue weighted by molar-refractivity contribution is 8.00. The molecule has 1 aliphatic rings. The van der Waals surface area contributed by atoms with Gasteiger partial charge >= 0.3 is 0 Å². The number of aromatic nitrogens is 2. The Hall–Kier alpha value is -2.41. The van der Waals surface area contributed by atoms with Crippen molar-refractivity contribution < 1.29 is 9.53 Å². The van der Waals surface area contributed by atoms with Crippen molar-refractivity contribution in [3.8, 4) is 5.75 Å². The minimum atomic E-state index is -0.216. The molecule has 7 heteroatoms. The number of nitrogens with zero attached hydrogens (tertiary/aromatic N) is 1. The van der Waals surface area contributed by atoms with Crippen molar-refractivity contribution in [3.63, 3.8) is 0 Å². The molecule has 6 nitrogen and oxygen atoms in total. The minimum Gasteiger partial charge on any atom is -0.490 e. The van der Waals surface area contributed by atoms with E-state index in [1.165, 1.54) is 11.8 Å². The Balaban J connectivity index is 2.02. The molecule has 2 N–H and O–H groups in total. The van der Waals surface area contributed by atoms with E-state index >= 15 is 0 Å². The van der Waals surface area contributed by atoms with Crippen molar-refractivity contribution in [2.24, 2.45) is 0 Å². The predicted octanol–water partition coefficient (Wildman–Crippen LogP) is 3.49. The third-order valence-electron chi connectivity index (χ3n) is 4.45. The molecule has 26 heavy (non-hydrogen) atoms. The summed E-state index contributed by atoms with van der Waals surface area (Å²) in [6, 6.07) is 7.72. The van der Waals surface area contributed by atoms with E-state index in [1.54, 1.807) is 10.8 Å². The number of carbonyl (C=O) groups is 1. The van der Waals surface area contributed by atoms with Gasteiger partial charge in [-0.2, -0.15) is 0 Å². The molecule has 0 fully saturated rings. The zero-order valence-electron chi connectivity index (χ0n) is 15.0. The lowest BCUT2D eigenvalue weighted by Gasteiger charge is -2.16. The van der Waals surface area contributed by atoms with Gasteiger partial charge in [-0.15, -0.1) is 11.8 Å². The maximum atomic E-state index is 12.7. The highest BCUT2D eigenvalue weighted by Gasteiger charge is 2.31. The average molecular weight is 373 g/mol.